The number of nitrogens with one attached hydrogen (secondary N) is 1. The largest absolute Gasteiger partial charge is 0.508 e. The highest BCUT2D eigenvalue weighted by molar-refractivity contribution is 9.10. The van der Waals surface area contributed by atoms with E-state index in [0.717, 1.165) is 22.3 Å². The fourth-order valence-corrected chi connectivity index (χ4v) is 2.25. The van der Waals surface area contributed by atoms with E-state index >= 15 is 0 Å². The molecule has 2 rings (SSSR count). The molecule has 96 valence electrons. The Balaban J connectivity index is 2.25. The third-order valence-electron chi connectivity index (χ3n) is 2.81. The summed E-state index contributed by atoms with van der Waals surface area (Å²) in [5, 5.41) is 17.5. The first kappa shape index (κ1) is 13.0. The summed E-state index contributed by atoms with van der Waals surface area (Å²) in [4.78, 5) is 0. The van der Waals surface area contributed by atoms with Crippen molar-refractivity contribution < 1.29 is 5.11 Å². The highest BCUT2D eigenvalue weighted by Gasteiger charge is 2.14. The molecule has 2 N–H and O–H groups in total. The van der Waals surface area contributed by atoms with Crippen LogP contribution in [0, 0.1) is 0 Å². The van der Waals surface area contributed by atoms with Crippen LogP contribution in [0.15, 0.2) is 34.9 Å². The molecule has 0 aliphatic rings. The standard InChI is InChI=1S/C13H16BrN3O/c1-3-11(15-13-6-7-17(2)16-13)10-8-9(14)4-5-12(10)18/h4-8,11,18H,3H2,1-2H3,(H,15,16). The molecule has 0 saturated carbocycles. The number of aromatic nitrogens is 2. The molecule has 0 aliphatic carbocycles. The van der Waals surface area contributed by atoms with Gasteiger partial charge in [-0.15, -0.1) is 0 Å². The van der Waals surface area contributed by atoms with Gasteiger partial charge in [-0.1, -0.05) is 22.9 Å². The summed E-state index contributed by atoms with van der Waals surface area (Å²) in [5.74, 6) is 1.11. The molecule has 0 amide bonds. The van der Waals surface area contributed by atoms with E-state index in [1.165, 1.54) is 0 Å². The van der Waals surface area contributed by atoms with Crippen molar-refractivity contribution in [3.8, 4) is 5.75 Å². The van der Waals surface area contributed by atoms with Gasteiger partial charge in [-0.05, 0) is 24.6 Å². The number of hydrogen-bond donors (Lipinski definition) is 2. The Morgan fingerprint density at radius 2 is 2.22 bits per heavy atom. The van der Waals surface area contributed by atoms with Crippen LogP contribution in [0.2, 0.25) is 0 Å². The molecule has 0 aliphatic heterocycles. The topological polar surface area (TPSA) is 50.1 Å². The minimum absolute atomic E-state index is 0.0393. The molecule has 1 aromatic heterocycles. The number of benzene rings is 1. The van der Waals surface area contributed by atoms with E-state index in [1.54, 1.807) is 10.7 Å². The fraction of sp³-hybridized carbons (Fsp3) is 0.308. The van der Waals surface area contributed by atoms with Gasteiger partial charge in [-0.3, -0.25) is 4.68 Å². The van der Waals surface area contributed by atoms with Crippen LogP contribution in [0.4, 0.5) is 5.82 Å². The maximum atomic E-state index is 9.93. The van der Waals surface area contributed by atoms with E-state index in [9.17, 15) is 5.11 Å². The summed E-state index contributed by atoms with van der Waals surface area (Å²) in [7, 11) is 1.88. The molecule has 1 aromatic carbocycles. The van der Waals surface area contributed by atoms with Gasteiger partial charge in [-0.25, -0.2) is 0 Å². The lowest BCUT2D eigenvalue weighted by molar-refractivity contribution is 0.462. The average molecular weight is 310 g/mol. The van der Waals surface area contributed by atoms with Gasteiger partial charge in [0.05, 0.1) is 6.04 Å². The summed E-state index contributed by atoms with van der Waals surface area (Å²) in [6.07, 6.45) is 2.75. The normalized spacial score (nSPS) is 12.4. The molecule has 1 heterocycles. The van der Waals surface area contributed by atoms with Crippen LogP contribution >= 0.6 is 15.9 Å². The van der Waals surface area contributed by atoms with Crippen LogP contribution in [0.1, 0.15) is 24.9 Å². The molecule has 1 atom stereocenters. The second-order valence-electron chi connectivity index (χ2n) is 4.18. The molecular weight excluding hydrogens is 294 g/mol. The number of hydrogen-bond acceptors (Lipinski definition) is 3. The van der Waals surface area contributed by atoms with Gasteiger partial charge in [0.2, 0.25) is 0 Å². The molecule has 2 aromatic rings. The number of phenolic OH excluding ortho intramolecular Hbond substituents is 1. The van der Waals surface area contributed by atoms with Gasteiger partial charge < -0.3 is 10.4 Å². The third-order valence-corrected chi connectivity index (χ3v) is 3.30. The minimum Gasteiger partial charge on any atom is -0.508 e. The van der Waals surface area contributed by atoms with E-state index in [1.807, 2.05) is 31.4 Å². The van der Waals surface area contributed by atoms with Gasteiger partial charge in [0.1, 0.15) is 11.6 Å². The predicted molar refractivity (Wildman–Crippen MR) is 75.7 cm³/mol. The van der Waals surface area contributed by atoms with Crippen LogP contribution in [-0.2, 0) is 7.05 Å². The number of rotatable bonds is 4. The second-order valence-corrected chi connectivity index (χ2v) is 5.10. The van der Waals surface area contributed by atoms with Crippen LogP contribution in [0.5, 0.6) is 5.75 Å². The number of halogens is 1. The van der Waals surface area contributed by atoms with Crippen molar-refractivity contribution in [1.29, 1.82) is 0 Å². The Morgan fingerprint density at radius 3 is 2.83 bits per heavy atom. The molecule has 4 nitrogen and oxygen atoms in total. The first-order chi connectivity index (χ1) is 8.60. The van der Waals surface area contributed by atoms with Crippen molar-refractivity contribution in [3.63, 3.8) is 0 Å². The Hall–Kier alpha value is -1.49. The lowest BCUT2D eigenvalue weighted by Gasteiger charge is -2.18. The van der Waals surface area contributed by atoms with Gasteiger partial charge in [-0.2, -0.15) is 5.10 Å². The first-order valence-electron chi connectivity index (χ1n) is 5.84. The summed E-state index contributed by atoms with van der Waals surface area (Å²) in [5.41, 5.74) is 0.873. The summed E-state index contributed by atoms with van der Waals surface area (Å²) < 4.78 is 2.70. The lowest BCUT2D eigenvalue weighted by Crippen LogP contribution is -2.10. The predicted octanol–water partition coefficient (Wildman–Crippen LogP) is 3.45. The monoisotopic (exact) mass is 309 g/mol. The zero-order valence-electron chi connectivity index (χ0n) is 10.4. The number of aromatic hydroxyl groups is 1. The van der Waals surface area contributed by atoms with Gasteiger partial charge in [0.25, 0.3) is 0 Å². The van der Waals surface area contributed by atoms with E-state index in [2.05, 4.69) is 33.3 Å². The molecule has 0 fully saturated rings. The highest BCUT2D eigenvalue weighted by Crippen LogP contribution is 2.31. The van der Waals surface area contributed by atoms with Crippen molar-refractivity contribution in [2.45, 2.75) is 19.4 Å². The van der Waals surface area contributed by atoms with E-state index in [4.69, 9.17) is 0 Å². The average Bonchev–Trinajstić information content (AvgIpc) is 2.75. The van der Waals surface area contributed by atoms with Crippen LogP contribution in [-0.4, -0.2) is 14.9 Å². The lowest BCUT2D eigenvalue weighted by atomic mass is 10.0. The van der Waals surface area contributed by atoms with E-state index in [0.29, 0.717) is 5.75 Å². The van der Waals surface area contributed by atoms with Crippen molar-refractivity contribution in [2.75, 3.05) is 5.32 Å². The summed E-state index contributed by atoms with van der Waals surface area (Å²) >= 11 is 3.42. The van der Waals surface area contributed by atoms with Crippen molar-refractivity contribution in [3.05, 3.63) is 40.5 Å². The quantitative estimate of drug-likeness (QED) is 0.909. The van der Waals surface area contributed by atoms with Crippen molar-refractivity contribution >= 4 is 21.7 Å². The SMILES string of the molecule is CCC(Nc1ccn(C)n1)c1cc(Br)ccc1O. The zero-order valence-corrected chi connectivity index (χ0v) is 12.0. The molecule has 0 spiro atoms. The van der Waals surface area contributed by atoms with E-state index in [-0.39, 0.29) is 6.04 Å². The highest BCUT2D eigenvalue weighted by atomic mass is 79.9. The molecule has 18 heavy (non-hydrogen) atoms. The second kappa shape index (κ2) is 5.44. The Bertz CT molecular complexity index is 539. The fourth-order valence-electron chi connectivity index (χ4n) is 1.87. The molecular formula is C13H16BrN3O. The number of aryl methyl sites for hydroxylation is 1. The Morgan fingerprint density at radius 1 is 1.44 bits per heavy atom. The molecule has 0 radical (unpaired) electrons. The number of phenols is 1. The smallest absolute Gasteiger partial charge is 0.148 e. The third kappa shape index (κ3) is 2.85. The molecule has 1 unspecified atom stereocenters. The number of nitrogens with zero attached hydrogens (tertiary/aromatic N) is 2. The Kier molecular flexibility index (Phi) is 3.91. The molecule has 0 saturated heterocycles. The minimum atomic E-state index is 0.0393. The van der Waals surface area contributed by atoms with Crippen LogP contribution in [0.25, 0.3) is 0 Å². The first-order valence-corrected chi connectivity index (χ1v) is 6.64. The molecule has 0 bridgehead atoms. The Labute approximate surface area is 115 Å². The maximum Gasteiger partial charge on any atom is 0.148 e. The summed E-state index contributed by atoms with van der Waals surface area (Å²) in [6, 6.07) is 7.41. The van der Waals surface area contributed by atoms with Crippen LogP contribution in [0.3, 0.4) is 0 Å². The van der Waals surface area contributed by atoms with Gasteiger partial charge in [0, 0.05) is 29.3 Å². The van der Waals surface area contributed by atoms with Crippen molar-refractivity contribution in [2.24, 2.45) is 7.05 Å². The maximum absolute atomic E-state index is 9.93. The molecule has 5 heteroatoms. The van der Waals surface area contributed by atoms with Gasteiger partial charge >= 0.3 is 0 Å². The summed E-state index contributed by atoms with van der Waals surface area (Å²) in [6.45, 7) is 2.07. The zero-order chi connectivity index (χ0) is 13.1. The van der Waals surface area contributed by atoms with Crippen LogP contribution < -0.4 is 5.32 Å². The van der Waals surface area contributed by atoms with Crippen molar-refractivity contribution in [1.82, 2.24) is 9.78 Å². The number of anilines is 1. The van der Waals surface area contributed by atoms with E-state index < -0.39 is 0 Å². The van der Waals surface area contributed by atoms with Gasteiger partial charge in [0.15, 0.2) is 0 Å².